The number of benzene rings is 8. The topological polar surface area (TPSA) is 14.7 Å². The zero-order valence-electron chi connectivity index (χ0n) is 37.2. The van der Waals surface area contributed by atoms with E-state index in [-0.39, 0.29) is 17.0 Å². The van der Waals surface area contributed by atoms with Gasteiger partial charge in [-0.2, -0.15) is 0 Å². The first-order valence-corrected chi connectivity index (χ1v) is 23.1. The number of anilines is 7. The Balaban J connectivity index is 0.918. The van der Waals surface area contributed by atoms with Gasteiger partial charge in [0.1, 0.15) is 0 Å². The summed E-state index contributed by atoms with van der Waals surface area (Å²) in [4.78, 5) is 7.44. The van der Waals surface area contributed by atoms with E-state index in [4.69, 9.17) is 0 Å². The molecule has 3 aliphatic rings. The average molecular weight is 851 g/mol. The second-order valence-corrected chi connectivity index (χ2v) is 18.2. The highest BCUT2D eigenvalue weighted by Gasteiger charge is 2.52. The number of hydrogen-bond donors (Lipinski definition) is 0. The third-order valence-electron chi connectivity index (χ3n) is 14.1. The number of aromatic nitrogens is 1. The van der Waals surface area contributed by atoms with E-state index in [1.165, 1.54) is 33.1 Å². The maximum Gasteiger partial charge on any atom is 0.0672 e. The summed E-state index contributed by atoms with van der Waals surface area (Å²) in [7, 11) is 0. The van der Waals surface area contributed by atoms with E-state index < -0.39 is 0 Å². The first-order chi connectivity index (χ1) is 32.5. The van der Waals surface area contributed by atoms with Crippen molar-refractivity contribution in [1.82, 2.24) is 4.57 Å². The number of nitrogens with zero attached hydrogens (tertiary/aromatic N) is 4. The molecular weight excluding hydrogens is 801 g/mol. The van der Waals surface area contributed by atoms with Crippen LogP contribution in [0, 0.1) is 0 Å². The average Bonchev–Trinajstić information content (AvgIpc) is 3.84. The SMILES string of the molecule is CC1(N2c3ccc(N(c4ccccc4)c4ccc(-c5cccc(N(c6ccccc6)c6ccc7c(c6)c6ccccc6n7-c6ccccc6)c5)cc4)cc3C3C=CC=CC32C)C=CC=CC1. The lowest BCUT2D eigenvalue weighted by Gasteiger charge is -2.49. The molecule has 0 N–H and O–H groups in total. The summed E-state index contributed by atoms with van der Waals surface area (Å²) in [5.41, 5.74) is 14.9. The normalized spacial score (nSPS) is 19.3. The van der Waals surface area contributed by atoms with Crippen LogP contribution in [0.4, 0.5) is 39.8 Å². The Bertz CT molecular complexity index is 3380. The summed E-state index contributed by atoms with van der Waals surface area (Å²) in [5.74, 6) is 0.230. The molecular formula is C62H50N4. The minimum absolute atomic E-state index is 0.133. The second-order valence-electron chi connectivity index (χ2n) is 18.2. The van der Waals surface area contributed by atoms with Crippen LogP contribution in [0.15, 0.2) is 249 Å². The van der Waals surface area contributed by atoms with Gasteiger partial charge in [-0.15, -0.1) is 0 Å². The fourth-order valence-corrected chi connectivity index (χ4v) is 11.1. The first kappa shape index (κ1) is 39.5. The van der Waals surface area contributed by atoms with Crippen LogP contribution in [-0.2, 0) is 0 Å². The first-order valence-electron chi connectivity index (χ1n) is 23.1. The van der Waals surface area contributed by atoms with Gasteiger partial charge in [-0.05, 0) is 140 Å². The highest BCUT2D eigenvalue weighted by atomic mass is 15.3. The van der Waals surface area contributed by atoms with Crippen LogP contribution in [0.5, 0.6) is 0 Å². The molecule has 0 saturated heterocycles. The lowest BCUT2D eigenvalue weighted by atomic mass is 9.78. The largest absolute Gasteiger partial charge is 0.352 e. The van der Waals surface area contributed by atoms with Crippen LogP contribution >= 0.6 is 0 Å². The van der Waals surface area contributed by atoms with E-state index in [9.17, 15) is 0 Å². The fourth-order valence-electron chi connectivity index (χ4n) is 11.1. The van der Waals surface area contributed by atoms with Crippen molar-refractivity contribution in [2.45, 2.75) is 37.3 Å². The van der Waals surface area contributed by atoms with Crippen LogP contribution in [0.3, 0.4) is 0 Å². The number of fused-ring (bicyclic) bond motifs is 6. The molecule has 318 valence electrons. The number of para-hydroxylation sites is 4. The standard InChI is InChI=1S/C62H50N4/c1-61(39-16-6-17-40-61)66-60-38-36-53(44-56(60)57-29-15-18-41-62(57,66)2)63(47-21-7-3-8-22-47)50-33-31-45(32-34-50)46-20-19-27-51(42-46)64(48-23-9-4-10-24-48)52-35-37-59-55(43-52)54-28-13-14-30-58(54)65(59)49-25-11-5-12-26-49/h3-39,41-44,57H,40H2,1-2H3. The van der Waals surface area contributed by atoms with E-state index in [0.717, 1.165) is 57.4 Å². The van der Waals surface area contributed by atoms with Crippen molar-refractivity contribution in [3.8, 4) is 16.8 Å². The summed E-state index contributed by atoms with van der Waals surface area (Å²) in [5, 5.41) is 2.45. The van der Waals surface area contributed by atoms with Gasteiger partial charge in [0, 0.05) is 62.2 Å². The van der Waals surface area contributed by atoms with Crippen LogP contribution in [0.2, 0.25) is 0 Å². The molecule has 12 rings (SSSR count). The molecule has 0 saturated carbocycles. The highest BCUT2D eigenvalue weighted by Crippen LogP contribution is 2.56. The molecule has 1 aliphatic heterocycles. The van der Waals surface area contributed by atoms with Crippen molar-refractivity contribution < 1.29 is 0 Å². The minimum Gasteiger partial charge on any atom is -0.352 e. The number of allylic oxidation sites excluding steroid dienone is 4. The van der Waals surface area contributed by atoms with E-state index in [2.05, 4.69) is 282 Å². The summed E-state index contributed by atoms with van der Waals surface area (Å²) in [6.45, 7) is 4.78. The zero-order valence-corrected chi connectivity index (χ0v) is 37.2. The van der Waals surface area contributed by atoms with Gasteiger partial charge in [-0.3, -0.25) is 0 Å². The van der Waals surface area contributed by atoms with Gasteiger partial charge < -0.3 is 19.3 Å². The second kappa shape index (κ2) is 15.9. The molecule has 3 atom stereocenters. The van der Waals surface area contributed by atoms with Crippen LogP contribution in [0.1, 0.15) is 31.7 Å². The van der Waals surface area contributed by atoms with Gasteiger partial charge in [-0.25, -0.2) is 0 Å². The van der Waals surface area contributed by atoms with Crippen molar-refractivity contribution in [2.24, 2.45) is 0 Å². The Hall–Kier alpha value is -8.08. The minimum atomic E-state index is -0.181. The van der Waals surface area contributed by atoms with Gasteiger partial charge in [0.2, 0.25) is 0 Å². The molecule has 1 aromatic heterocycles. The van der Waals surface area contributed by atoms with E-state index in [0.29, 0.717) is 0 Å². The van der Waals surface area contributed by atoms with Crippen molar-refractivity contribution >= 4 is 61.6 Å². The van der Waals surface area contributed by atoms with Crippen LogP contribution < -0.4 is 14.7 Å². The Morgan fingerprint density at radius 2 is 1.05 bits per heavy atom. The molecule has 0 amide bonds. The molecule has 2 aliphatic carbocycles. The Morgan fingerprint density at radius 1 is 0.455 bits per heavy atom. The molecule has 4 heteroatoms. The van der Waals surface area contributed by atoms with Gasteiger partial charge in [0.15, 0.2) is 0 Å². The van der Waals surface area contributed by atoms with Crippen LogP contribution in [-0.4, -0.2) is 15.6 Å². The van der Waals surface area contributed by atoms with Crippen molar-refractivity contribution in [3.05, 3.63) is 254 Å². The summed E-state index contributed by atoms with van der Waals surface area (Å²) in [6, 6.07) is 72.9. The summed E-state index contributed by atoms with van der Waals surface area (Å²) >= 11 is 0. The molecule has 8 aromatic carbocycles. The Morgan fingerprint density at radius 3 is 1.79 bits per heavy atom. The van der Waals surface area contributed by atoms with Crippen LogP contribution in [0.25, 0.3) is 38.6 Å². The third kappa shape index (κ3) is 6.51. The number of hydrogen-bond acceptors (Lipinski definition) is 3. The third-order valence-corrected chi connectivity index (χ3v) is 14.1. The fraction of sp³-hybridized carbons (Fsp3) is 0.0968. The molecule has 0 fully saturated rings. The van der Waals surface area contributed by atoms with Crippen molar-refractivity contribution in [2.75, 3.05) is 14.7 Å². The predicted molar refractivity (Wildman–Crippen MR) is 279 cm³/mol. The monoisotopic (exact) mass is 850 g/mol. The predicted octanol–water partition coefficient (Wildman–Crippen LogP) is 16.5. The molecule has 2 heterocycles. The van der Waals surface area contributed by atoms with Gasteiger partial charge in [-0.1, -0.05) is 146 Å². The van der Waals surface area contributed by atoms with Gasteiger partial charge in [0.25, 0.3) is 0 Å². The van der Waals surface area contributed by atoms with E-state index in [1.807, 2.05) is 0 Å². The van der Waals surface area contributed by atoms with E-state index >= 15 is 0 Å². The van der Waals surface area contributed by atoms with Crippen molar-refractivity contribution in [1.29, 1.82) is 0 Å². The smallest absolute Gasteiger partial charge is 0.0672 e. The Kier molecular flexibility index (Phi) is 9.50. The lowest BCUT2D eigenvalue weighted by Crippen LogP contribution is -2.56. The molecule has 3 unspecified atom stereocenters. The maximum absolute atomic E-state index is 2.67. The molecule has 0 bridgehead atoms. The van der Waals surface area contributed by atoms with E-state index in [1.54, 1.807) is 0 Å². The van der Waals surface area contributed by atoms with Crippen molar-refractivity contribution in [3.63, 3.8) is 0 Å². The molecule has 0 radical (unpaired) electrons. The number of rotatable bonds is 9. The molecule has 9 aromatic rings. The molecule has 0 spiro atoms. The summed E-state index contributed by atoms with van der Waals surface area (Å²) in [6.07, 6.45) is 19.3. The Labute approximate surface area is 387 Å². The maximum atomic E-state index is 2.67. The lowest BCUT2D eigenvalue weighted by molar-refractivity contribution is 0.395. The molecule has 66 heavy (non-hydrogen) atoms. The highest BCUT2D eigenvalue weighted by molar-refractivity contribution is 6.10. The van der Waals surface area contributed by atoms with Gasteiger partial charge >= 0.3 is 0 Å². The van der Waals surface area contributed by atoms with Gasteiger partial charge in [0.05, 0.1) is 22.1 Å². The summed E-state index contributed by atoms with van der Waals surface area (Å²) < 4.78 is 2.37. The molecule has 4 nitrogen and oxygen atoms in total. The zero-order chi connectivity index (χ0) is 44.2. The quantitative estimate of drug-likeness (QED) is 0.144.